The first-order valence-electron chi connectivity index (χ1n) is 6.36. The fraction of sp³-hybridized carbons (Fsp3) is 0.357. The molecular weight excluding hydrogens is 324 g/mol. The smallest absolute Gasteiger partial charge is 0.214 e. The maximum Gasteiger partial charge on any atom is 0.214 e. The van der Waals surface area contributed by atoms with Gasteiger partial charge in [0.1, 0.15) is 6.10 Å². The van der Waals surface area contributed by atoms with Crippen molar-refractivity contribution < 1.29 is 14.6 Å². The Labute approximate surface area is 125 Å². The van der Waals surface area contributed by atoms with Gasteiger partial charge in [-0.05, 0) is 12.1 Å². The van der Waals surface area contributed by atoms with Gasteiger partial charge in [0.15, 0.2) is 0 Å². The van der Waals surface area contributed by atoms with E-state index in [1.54, 1.807) is 12.5 Å². The van der Waals surface area contributed by atoms with E-state index in [1.807, 2.05) is 35.0 Å². The number of aliphatic hydroxyl groups excluding tert-OH is 1. The van der Waals surface area contributed by atoms with E-state index in [1.165, 1.54) is 0 Å². The average molecular weight is 339 g/mol. The lowest BCUT2D eigenvalue weighted by Crippen LogP contribution is -2.33. The van der Waals surface area contributed by atoms with Crippen LogP contribution >= 0.6 is 15.9 Å². The van der Waals surface area contributed by atoms with Crippen molar-refractivity contribution in [2.24, 2.45) is 0 Å². The van der Waals surface area contributed by atoms with E-state index in [0.717, 1.165) is 10.0 Å². The topological polar surface area (TPSA) is 56.5 Å². The Morgan fingerprint density at radius 1 is 1.40 bits per heavy atom. The normalized spacial score (nSPS) is 26.0. The molecule has 2 unspecified atom stereocenters. The minimum absolute atomic E-state index is 0.0534. The van der Waals surface area contributed by atoms with Gasteiger partial charge in [0.25, 0.3) is 0 Å². The zero-order valence-corrected chi connectivity index (χ0v) is 12.4. The molecule has 0 radical (unpaired) electrons. The van der Waals surface area contributed by atoms with E-state index in [2.05, 4.69) is 20.9 Å². The van der Waals surface area contributed by atoms with Crippen LogP contribution in [0.4, 0.5) is 0 Å². The summed E-state index contributed by atoms with van der Waals surface area (Å²) in [6, 6.07) is 7.81. The summed E-state index contributed by atoms with van der Waals surface area (Å²) >= 11 is 3.42. The fourth-order valence-corrected chi connectivity index (χ4v) is 2.57. The molecule has 0 saturated carbocycles. The molecule has 6 heteroatoms. The number of rotatable bonds is 4. The number of halogens is 1. The highest BCUT2D eigenvalue weighted by atomic mass is 79.9. The molecule has 1 aliphatic heterocycles. The van der Waals surface area contributed by atoms with Gasteiger partial charge in [-0.25, -0.2) is 4.98 Å². The van der Waals surface area contributed by atoms with Crippen molar-refractivity contribution in [3.8, 4) is 0 Å². The fourth-order valence-electron chi connectivity index (χ4n) is 2.30. The number of aromatic nitrogens is 2. The Morgan fingerprint density at radius 2 is 2.20 bits per heavy atom. The first-order valence-corrected chi connectivity index (χ1v) is 7.15. The van der Waals surface area contributed by atoms with Crippen LogP contribution in [0.15, 0.2) is 47.5 Å². The lowest BCUT2D eigenvalue weighted by Gasteiger charge is -2.29. The largest absolute Gasteiger partial charge is 0.394 e. The number of nitrogens with zero attached hydrogens (tertiary/aromatic N) is 2. The minimum atomic E-state index is -0.880. The third-order valence-electron chi connectivity index (χ3n) is 3.30. The number of hydrogen-bond acceptors (Lipinski definition) is 4. The highest BCUT2D eigenvalue weighted by Gasteiger charge is 2.43. The number of hydrogen-bond donors (Lipinski definition) is 1. The summed E-state index contributed by atoms with van der Waals surface area (Å²) in [5, 5.41) is 9.28. The SMILES string of the molecule is OCC1COC(Cn2ccnc2)(c2ccc(Br)cc2)O1. The Balaban J connectivity index is 1.93. The molecule has 20 heavy (non-hydrogen) atoms. The maximum atomic E-state index is 9.28. The van der Waals surface area contributed by atoms with Crippen LogP contribution < -0.4 is 0 Å². The molecule has 2 heterocycles. The van der Waals surface area contributed by atoms with E-state index in [4.69, 9.17) is 9.47 Å². The summed E-state index contributed by atoms with van der Waals surface area (Å²) < 4.78 is 14.8. The van der Waals surface area contributed by atoms with Gasteiger partial charge < -0.3 is 19.1 Å². The predicted octanol–water partition coefficient (Wildman–Crippen LogP) is 1.91. The monoisotopic (exact) mass is 338 g/mol. The second-order valence-corrected chi connectivity index (χ2v) is 5.64. The van der Waals surface area contributed by atoms with Crippen LogP contribution in [-0.4, -0.2) is 34.0 Å². The second-order valence-electron chi connectivity index (χ2n) is 4.73. The van der Waals surface area contributed by atoms with Gasteiger partial charge in [-0.2, -0.15) is 0 Å². The number of ether oxygens (including phenoxy) is 2. The van der Waals surface area contributed by atoms with Crippen LogP contribution in [0, 0.1) is 0 Å². The van der Waals surface area contributed by atoms with Crippen LogP contribution in [0.1, 0.15) is 5.56 Å². The molecule has 2 aromatic rings. The lowest BCUT2D eigenvalue weighted by atomic mass is 10.1. The molecule has 3 rings (SSSR count). The van der Waals surface area contributed by atoms with Crippen molar-refractivity contribution >= 4 is 15.9 Å². The number of benzene rings is 1. The number of aliphatic hydroxyl groups is 1. The van der Waals surface area contributed by atoms with Gasteiger partial charge in [0.2, 0.25) is 5.79 Å². The van der Waals surface area contributed by atoms with Crippen molar-refractivity contribution in [2.45, 2.75) is 18.4 Å². The predicted molar refractivity (Wildman–Crippen MR) is 76.0 cm³/mol. The van der Waals surface area contributed by atoms with Crippen LogP contribution in [0.25, 0.3) is 0 Å². The Hall–Kier alpha value is -1.21. The third kappa shape index (κ3) is 2.64. The Kier molecular flexibility index (Phi) is 3.89. The van der Waals surface area contributed by atoms with E-state index >= 15 is 0 Å². The molecule has 5 nitrogen and oxygen atoms in total. The highest BCUT2D eigenvalue weighted by Crippen LogP contribution is 2.36. The van der Waals surface area contributed by atoms with E-state index in [-0.39, 0.29) is 12.7 Å². The highest BCUT2D eigenvalue weighted by molar-refractivity contribution is 9.10. The molecule has 0 amide bonds. The van der Waals surface area contributed by atoms with Gasteiger partial charge in [0, 0.05) is 22.4 Å². The quantitative estimate of drug-likeness (QED) is 0.925. The number of imidazole rings is 1. The standard InChI is InChI=1S/C14H15BrN2O3/c15-12-3-1-11(2-4-12)14(9-17-6-5-16-10-17)19-8-13(7-18)20-14/h1-6,10,13,18H,7-9H2. The second kappa shape index (κ2) is 5.65. The average Bonchev–Trinajstić information content (AvgIpc) is 3.10. The molecule has 1 aromatic carbocycles. The maximum absolute atomic E-state index is 9.28. The van der Waals surface area contributed by atoms with Gasteiger partial charge in [-0.1, -0.05) is 28.1 Å². The van der Waals surface area contributed by atoms with Gasteiger partial charge in [-0.3, -0.25) is 0 Å². The Morgan fingerprint density at radius 3 is 2.80 bits per heavy atom. The van der Waals surface area contributed by atoms with E-state index in [0.29, 0.717) is 13.2 Å². The molecule has 2 atom stereocenters. The van der Waals surface area contributed by atoms with E-state index in [9.17, 15) is 5.11 Å². The molecule has 0 aliphatic carbocycles. The van der Waals surface area contributed by atoms with Crippen molar-refractivity contribution in [1.82, 2.24) is 9.55 Å². The molecule has 1 saturated heterocycles. The summed E-state index contributed by atoms with van der Waals surface area (Å²) in [5.41, 5.74) is 0.922. The summed E-state index contributed by atoms with van der Waals surface area (Å²) in [4.78, 5) is 4.04. The van der Waals surface area contributed by atoms with Crippen LogP contribution in [0.5, 0.6) is 0 Å². The Bertz CT molecular complexity index is 558. The minimum Gasteiger partial charge on any atom is -0.394 e. The van der Waals surface area contributed by atoms with Crippen molar-refractivity contribution in [3.63, 3.8) is 0 Å². The summed E-state index contributed by atoms with van der Waals surface area (Å²) in [7, 11) is 0. The van der Waals surface area contributed by atoms with Crippen molar-refractivity contribution in [2.75, 3.05) is 13.2 Å². The summed E-state index contributed by atoms with van der Waals surface area (Å²) in [6.07, 6.45) is 5.00. The zero-order valence-electron chi connectivity index (χ0n) is 10.8. The van der Waals surface area contributed by atoms with Crippen molar-refractivity contribution in [3.05, 3.63) is 53.0 Å². The van der Waals surface area contributed by atoms with Crippen LogP contribution in [-0.2, 0) is 21.8 Å². The van der Waals surface area contributed by atoms with Crippen LogP contribution in [0.3, 0.4) is 0 Å². The van der Waals surface area contributed by atoms with Gasteiger partial charge in [-0.15, -0.1) is 0 Å². The molecule has 106 valence electrons. The molecular formula is C14H15BrN2O3. The molecule has 0 spiro atoms. The molecule has 1 fully saturated rings. The third-order valence-corrected chi connectivity index (χ3v) is 3.83. The zero-order chi connectivity index (χ0) is 14.0. The molecule has 0 bridgehead atoms. The summed E-state index contributed by atoms with van der Waals surface area (Å²) in [6.45, 7) is 0.814. The van der Waals surface area contributed by atoms with Crippen molar-refractivity contribution in [1.29, 1.82) is 0 Å². The van der Waals surface area contributed by atoms with Gasteiger partial charge in [0.05, 0.1) is 26.1 Å². The van der Waals surface area contributed by atoms with Gasteiger partial charge >= 0.3 is 0 Å². The van der Waals surface area contributed by atoms with Crippen LogP contribution in [0.2, 0.25) is 0 Å². The first kappa shape index (κ1) is 13.8. The summed E-state index contributed by atoms with van der Waals surface area (Å²) in [5.74, 6) is -0.880. The molecule has 1 N–H and O–H groups in total. The van der Waals surface area contributed by atoms with E-state index < -0.39 is 5.79 Å². The first-order chi connectivity index (χ1) is 9.72. The molecule has 1 aromatic heterocycles. The molecule has 1 aliphatic rings. The lowest BCUT2D eigenvalue weighted by molar-refractivity contribution is -0.190.